The average molecular weight is 573 g/mol. The van der Waals surface area contributed by atoms with Crippen LogP contribution in [-0.4, -0.2) is 9.97 Å². The molecule has 0 saturated heterocycles. The first-order chi connectivity index (χ1) is 22.3. The Morgan fingerprint density at radius 1 is 0.356 bits per heavy atom. The smallest absolute Gasteiger partial charge is 0.106 e. The molecule has 8 aromatic rings. The van der Waals surface area contributed by atoms with Crippen LogP contribution in [-0.2, 0) is 5.41 Å². The first-order valence-electron chi connectivity index (χ1n) is 15.4. The molecule has 6 aromatic carbocycles. The minimum atomic E-state index is -0.742. The zero-order chi connectivity index (χ0) is 29.8. The van der Waals surface area contributed by atoms with E-state index in [4.69, 9.17) is 9.97 Å². The van der Waals surface area contributed by atoms with Crippen molar-refractivity contribution in [1.82, 2.24) is 9.97 Å². The quantitative estimate of drug-likeness (QED) is 0.210. The van der Waals surface area contributed by atoms with Crippen LogP contribution >= 0.6 is 0 Å². The van der Waals surface area contributed by atoms with Gasteiger partial charge >= 0.3 is 0 Å². The summed E-state index contributed by atoms with van der Waals surface area (Å²) in [6, 6.07) is 60.5. The average Bonchev–Trinajstić information content (AvgIpc) is 3.42. The fraction of sp³-hybridized carbons (Fsp3) is 0.0233. The number of hydrogen-bond donors (Lipinski definition) is 0. The van der Waals surface area contributed by atoms with Crippen molar-refractivity contribution in [3.05, 3.63) is 192 Å². The molecule has 0 unspecified atom stereocenters. The van der Waals surface area contributed by atoms with E-state index in [0.717, 1.165) is 55.4 Å². The Labute approximate surface area is 262 Å². The van der Waals surface area contributed by atoms with Crippen molar-refractivity contribution >= 4 is 21.5 Å². The highest BCUT2D eigenvalue weighted by atomic mass is 14.8. The molecule has 9 rings (SSSR count). The topological polar surface area (TPSA) is 25.8 Å². The molecule has 0 saturated carbocycles. The molecular weight excluding hydrogens is 544 g/mol. The van der Waals surface area contributed by atoms with Crippen molar-refractivity contribution in [2.24, 2.45) is 0 Å². The van der Waals surface area contributed by atoms with Crippen molar-refractivity contribution in [3.8, 4) is 33.6 Å². The lowest BCUT2D eigenvalue weighted by atomic mass is 9.71. The highest BCUT2D eigenvalue weighted by molar-refractivity contribution is 5.98. The summed E-state index contributed by atoms with van der Waals surface area (Å²) in [7, 11) is 0. The van der Waals surface area contributed by atoms with Crippen LogP contribution in [0, 0.1) is 0 Å². The molecule has 2 heteroatoms. The number of rotatable bonds is 4. The van der Waals surface area contributed by atoms with Crippen LogP contribution in [0.25, 0.3) is 55.2 Å². The molecular formula is C43H28N2. The van der Waals surface area contributed by atoms with Gasteiger partial charge in [0, 0.05) is 21.9 Å². The number of fused-ring (bicyclic) bond motifs is 5. The third-order valence-electron chi connectivity index (χ3n) is 9.30. The maximum absolute atomic E-state index is 5.64. The zero-order valence-corrected chi connectivity index (χ0v) is 24.6. The van der Waals surface area contributed by atoms with E-state index in [1.807, 2.05) is 0 Å². The van der Waals surface area contributed by atoms with E-state index in [2.05, 4.69) is 170 Å². The monoisotopic (exact) mass is 572 g/mol. The van der Waals surface area contributed by atoms with Gasteiger partial charge in [-0.1, -0.05) is 158 Å². The van der Waals surface area contributed by atoms with E-state index in [1.165, 1.54) is 22.3 Å². The lowest BCUT2D eigenvalue weighted by molar-refractivity contribution is 0.712. The fourth-order valence-electron chi connectivity index (χ4n) is 7.33. The summed E-state index contributed by atoms with van der Waals surface area (Å²) < 4.78 is 0. The lowest BCUT2D eigenvalue weighted by Crippen LogP contribution is -2.31. The highest BCUT2D eigenvalue weighted by Gasteiger charge is 2.49. The molecule has 2 nitrogen and oxygen atoms in total. The Morgan fingerprint density at radius 2 is 0.733 bits per heavy atom. The Bertz CT molecular complexity index is 2200. The Kier molecular flexibility index (Phi) is 5.76. The van der Waals surface area contributed by atoms with Crippen molar-refractivity contribution in [2.75, 3.05) is 0 Å². The van der Waals surface area contributed by atoms with E-state index in [1.54, 1.807) is 0 Å². The van der Waals surface area contributed by atoms with Gasteiger partial charge in [0.15, 0.2) is 0 Å². The summed E-state index contributed by atoms with van der Waals surface area (Å²) in [5.74, 6) is 0. The van der Waals surface area contributed by atoms with Gasteiger partial charge in [0.05, 0.1) is 22.8 Å². The standard InChI is InChI=1S/C43H28N2/c1-3-15-29(16-4-1)41-33-21-9-7-19-31(33)27-39(44-41)43(37-25-13-11-23-35(37)36-24-12-14-26-38(36)43)40-28-32-20-8-10-22-34(32)42(45-40)30-17-5-2-6-18-30/h1-28H. The van der Waals surface area contributed by atoms with E-state index < -0.39 is 5.41 Å². The first-order valence-corrected chi connectivity index (χ1v) is 15.4. The molecule has 0 atom stereocenters. The van der Waals surface area contributed by atoms with E-state index in [0.29, 0.717) is 0 Å². The SMILES string of the molecule is c1ccc(-c2nc(C3(c4cc5ccccc5c(-c5ccccc5)n4)c4ccccc4-c4ccccc43)cc3ccccc23)cc1. The maximum atomic E-state index is 5.64. The summed E-state index contributed by atoms with van der Waals surface area (Å²) in [4.78, 5) is 11.3. The Hall–Kier alpha value is -5.86. The van der Waals surface area contributed by atoms with Gasteiger partial charge in [-0.15, -0.1) is 0 Å². The summed E-state index contributed by atoms with van der Waals surface area (Å²) in [6.45, 7) is 0. The van der Waals surface area contributed by atoms with Gasteiger partial charge in [0.2, 0.25) is 0 Å². The molecule has 0 radical (unpaired) electrons. The number of benzene rings is 6. The fourth-order valence-corrected chi connectivity index (χ4v) is 7.33. The van der Waals surface area contributed by atoms with Gasteiger partial charge < -0.3 is 0 Å². The molecule has 0 bridgehead atoms. The normalized spacial score (nSPS) is 13.1. The van der Waals surface area contributed by atoms with E-state index >= 15 is 0 Å². The third kappa shape index (κ3) is 3.82. The van der Waals surface area contributed by atoms with Gasteiger partial charge in [0.25, 0.3) is 0 Å². The van der Waals surface area contributed by atoms with Crippen LogP contribution in [0.4, 0.5) is 0 Å². The van der Waals surface area contributed by atoms with Gasteiger partial charge in [-0.3, -0.25) is 9.97 Å². The molecule has 0 spiro atoms. The van der Waals surface area contributed by atoms with Gasteiger partial charge in [0.1, 0.15) is 5.41 Å². The lowest BCUT2D eigenvalue weighted by Gasteiger charge is -2.33. The van der Waals surface area contributed by atoms with Crippen LogP contribution in [0.3, 0.4) is 0 Å². The summed E-state index contributed by atoms with van der Waals surface area (Å²) in [6.07, 6.45) is 0. The molecule has 2 aromatic heterocycles. The number of pyridine rings is 2. The second kappa shape index (κ2) is 10.1. The predicted octanol–water partition coefficient (Wildman–Crippen LogP) is 10.5. The van der Waals surface area contributed by atoms with Crippen molar-refractivity contribution < 1.29 is 0 Å². The minimum Gasteiger partial charge on any atom is -0.250 e. The van der Waals surface area contributed by atoms with Crippen LogP contribution in [0.5, 0.6) is 0 Å². The first kappa shape index (κ1) is 25.6. The number of nitrogens with zero attached hydrogens (tertiary/aromatic N) is 2. The molecule has 1 aliphatic carbocycles. The molecule has 0 aliphatic heterocycles. The van der Waals surface area contributed by atoms with Gasteiger partial charge in [-0.25, -0.2) is 0 Å². The molecule has 210 valence electrons. The molecule has 0 amide bonds. The second-order valence-electron chi connectivity index (χ2n) is 11.7. The summed E-state index contributed by atoms with van der Waals surface area (Å²) >= 11 is 0. The molecule has 45 heavy (non-hydrogen) atoms. The zero-order valence-electron chi connectivity index (χ0n) is 24.6. The Balaban J connectivity index is 1.47. The van der Waals surface area contributed by atoms with Crippen molar-refractivity contribution in [1.29, 1.82) is 0 Å². The number of hydrogen-bond acceptors (Lipinski definition) is 2. The van der Waals surface area contributed by atoms with Crippen molar-refractivity contribution in [3.63, 3.8) is 0 Å². The second-order valence-corrected chi connectivity index (χ2v) is 11.7. The third-order valence-corrected chi connectivity index (χ3v) is 9.30. The highest BCUT2D eigenvalue weighted by Crippen LogP contribution is 2.56. The van der Waals surface area contributed by atoms with Crippen LogP contribution in [0.15, 0.2) is 170 Å². The largest absolute Gasteiger partial charge is 0.250 e. The van der Waals surface area contributed by atoms with Crippen molar-refractivity contribution in [2.45, 2.75) is 5.41 Å². The minimum absolute atomic E-state index is 0.742. The molecule has 2 heterocycles. The van der Waals surface area contributed by atoms with E-state index in [9.17, 15) is 0 Å². The van der Waals surface area contributed by atoms with Crippen LogP contribution in [0.1, 0.15) is 22.5 Å². The van der Waals surface area contributed by atoms with Crippen LogP contribution < -0.4 is 0 Å². The molecule has 0 fully saturated rings. The predicted molar refractivity (Wildman–Crippen MR) is 185 cm³/mol. The van der Waals surface area contributed by atoms with E-state index in [-0.39, 0.29) is 0 Å². The maximum Gasteiger partial charge on any atom is 0.106 e. The molecule has 1 aliphatic rings. The number of aromatic nitrogens is 2. The summed E-state index contributed by atoms with van der Waals surface area (Å²) in [5, 5.41) is 4.59. The van der Waals surface area contributed by atoms with Crippen LogP contribution in [0.2, 0.25) is 0 Å². The Morgan fingerprint density at radius 3 is 1.20 bits per heavy atom. The molecule has 0 N–H and O–H groups in total. The summed E-state index contributed by atoms with van der Waals surface area (Å²) in [5.41, 5.74) is 10.2. The van der Waals surface area contributed by atoms with Gasteiger partial charge in [-0.2, -0.15) is 0 Å². The van der Waals surface area contributed by atoms with Gasteiger partial charge in [-0.05, 0) is 45.2 Å².